The predicted molar refractivity (Wildman–Crippen MR) is 5.75 cm³/mol. The van der Waals surface area contributed by atoms with Crippen molar-refractivity contribution in [3.8, 4) is 0 Å². The first-order chi connectivity index (χ1) is 2.00. The molecule has 4 nitrogen and oxygen atoms in total. The fourth-order valence-corrected chi connectivity index (χ4v) is 0. The third-order valence-electron chi connectivity index (χ3n) is 0. The zero-order chi connectivity index (χ0) is 4.50. The van der Waals surface area contributed by atoms with Gasteiger partial charge in [-0.2, -0.15) is 0 Å². The van der Waals surface area contributed by atoms with Crippen LogP contribution in [0.4, 0.5) is 0 Å². The molecule has 0 rings (SSSR count). The Bertz CT molecular complexity index is 23.0. The maximum Gasteiger partial charge on any atom is 3.00 e. The van der Waals surface area contributed by atoms with E-state index in [2.05, 4.69) is 0 Å². The van der Waals surface area contributed by atoms with Crippen molar-refractivity contribution in [3.63, 3.8) is 0 Å². The van der Waals surface area contributed by atoms with Gasteiger partial charge in [0.05, 0.1) is 0 Å². The van der Waals surface area contributed by atoms with Crippen LogP contribution in [0.3, 0.4) is 0 Å². The molecule has 0 bridgehead atoms. The molecule has 0 aromatic rings. The average Bonchev–Trinajstić information content (AvgIpc) is 0.722. The normalized spacial score (nSPS) is 10.0. The minimum Gasteiger partial charge on any atom is -0.222 e. The first-order valence-corrected chi connectivity index (χ1v) is 1.85. The molecule has 0 unspecified atom stereocenters. The minimum absolute atomic E-state index is 0. The van der Waals surface area contributed by atoms with Crippen LogP contribution in [-0.4, -0.2) is 19.8 Å². The first-order valence-electron chi connectivity index (χ1n) is 0.617. The summed E-state index contributed by atoms with van der Waals surface area (Å²) in [6, 6.07) is 0. The Kier molecular flexibility index (Phi) is 4.72. The van der Waals surface area contributed by atoms with Crippen LogP contribution in [0.25, 0.3) is 0 Å². The van der Waals surface area contributed by atoms with E-state index in [1.165, 1.54) is 0 Å². The van der Waals surface area contributed by atoms with Crippen molar-refractivity contribution in [1.29, 1.82) is 0 Å². The Hall–Kier alpha value is 0.766. The molecule has 0 spiro atoms. The Morgan fingerprint density at radius 1 is 0.833 bits per heavy atom. The molecule has 0 atom stereocenters. The third-order valence-corrected chi connectivity index (χ3v) is 0. The third kappa shape index (κ3) is 115. The van der Waals surface area contributed by atoms with Gasteiger partial charge in [0, 0.05) is 0 Å². The molecule has 0 aliphatic rings. The van der Waals surface area contributed by atoms with Gasteiger partial charge in [-0.05, 0) is 0 Å². The second-order valence-electron chi connectivity index (χ2n) is 0.378. The van der Waals surface area contributed by atoms with E-state index in [4.69, 9.17) is 18.6 Å². The van der Waals surface area contributed by atoms with Gasteiger partial charge >= 0.3 is 19.8 Å². The fourth-order valence-electron chi connectivity index (χ4n) is 0. The summed E-state index contributed by atoms with van der Waals surface area (Å²) < 4.78 is 34.0. The fraction of sp³-hybridized carbons (Fsp3) is 0. The smallest absolute Gasteiger partial charge is 0.222 e. The molecular weight excluding hydrogens is 169 g/mol. The van der Waals surface area contributed by atoms with Crippen LogP contribution in [0.2, 0.25) is 0 Å². The van der Waals surface area contributed by atoms with Crippen LogP contribution in [0.5, 0.6) is 0 Å². The summed E-state index contributed by atoms with van der Waals surface area (Å²) in [6.45, 7) is 0. The zero-order valence-electron chi connectivity index (χ0n) is 2.59. The molecule has 0 N–H and O–H groups in total. The van der Waals surface area contributed by atoms with Gasteiger partial charge in [-0.1, -0.05) is 0 Å². The van der Waals surface area contributed by atoms with E-state index in [1.807, 2.05) is 0 Å². The van der Waals surface area contributed by atoms with Crippen LogP contribution in [-0.2, 0) is 0 Å². The van der Waals surface area contributed by atoms with Gasteiger partial charge in [-0.15, -0.1) is 10.2 Å². The van der Waals surface area contributed by atoms with Crippen molar-refractivity contribution in [3.05, 3.63) is 0 Å². The Morgan fingerprint density at radius 3 is 0.833 bits per heavy atom. The van der Waals surface area contributed by atoms with Gasteiger partial charge in [0.1, 0.15) is 0 Å². The van der Waals surface area contributed by atoms with Crippen LogP contribution in [0.1, 0.15) is 0 Å². The molecule has 0 fully saturated rings. The maximum atomic E-state index is 8.49. The Morgan fingerprint density at radius 2 is 0.833 bits per heavy atom. The summed E-state index contributed by atoms with van der Waals surface area (Å²) in [5.74, 6) is 0. The molecule has 0 heterocycles. The topological polar surface area (TPSA) is 92.2 Å². The molecule has 0 amide bonds. The molecule has 6 heavy (non-hydrogen) atoms. The molecule has 0 saturated heterocycles. The van der Waals surface area contributed by atoms with E-state index < -0.39 is 10.2 Å². The first kappa shape index (κ1) is 9.90. The second-order valence-corrected chi connectivity index (χ2v) is 1.13. The summed E-state index contributed by atoms with van der Waals surface area (Å²) in [5, 5.41) is 0. The number of rotatable bonds is 0. The SMILES string of the molecule is [Ga+3].[O-][Cl+3]([O-])([O-])[O-]. The van der Waals surface area contributed by atoms with Crippen molar-refractivity contribution < 1.29 is 28.9 Å². The number of hydrogen-bond donors (Lipinski definition) is 0. The molecule has 32 valence electrons. The molecule has 0 saturated carbocycles. The van der Waals surface area contributed by atoms with Gasteiger partial charge in [0.15, 0.2) is 0 Å². The van der Waals surface area contributed by atoms with E-state index in [9.17, 15) is 0 Å². The minimum atomic E-state index is -4.94. The molecule has 0 aliphatic carbocycles. The van der Waals surface area contributed by atoms with Gasteiger partial charge in [0.2, 0.25) is 0 Å². The number of hydrogen-bond acceptors (Lipinski definition) is 4. The summed E-state index contributed by atoms with van der Waals surface area (Å²) in [5.41, 5.74) is 0. The van der Waals surface area contributed by atoms with E-state index in [-0.39, 0.29) is 19.8 Å². The standard InChI is InChI=1S/ClHO4.Ga/c2-1(3,4)5;/h(H,2,3,4,5);/q;+3/p-1. The Labute approximate surface area is 49.2 Å². The largest absolute Gasteiger partial charge is 3.00 e. The van der Waals surface area contributed by atoms with Gasteiger partial charge < -0.3 is 0 Å². The summed E-state index contributed by atoms with van der Waals surface area (Å²) >= 11 is 0. The van der Waals surface area contributed by atoms with Crippen LogP contribution < -0.4 is 18.6 Å². The predicted octanol–water partition coefficient (Wildman–Crippen LogP) is -5.14. The Balaban J connectivity index is 0. The molecule has 0 radical (unpaired) electrons. The van der Waals surface area contributed by atoms with Gasteiger partial charge in [-0.25, -0.2) is 18.6 Å². The average molecular weight is 169 g/mol. The molecule has 0 aliphatic heterocycles. The van der Waals surface area contributed by atoms with E-state index >= 15 is 0 Å². The van der Waals surface area contributed by atoms with Crippen LogP contribution >= 0.6 is 0 Å². The molecular formula is ClGaO4+2. The van der Waals surface area contributed by atoms with Crippen LogP contribution in [0.15, 0.2) is 0 Å². The summed E-state index contributed by atoms with van der Waals surface area (Å²) in [4.78, 5) is 0. The monoisotopic (exact) mass is 168 g/mol. The van der Waals surface area contributed by atoms with E-state index in [1.54, 1.807) is 0 Å². The van der Waals surface area contributed by atoms with Gasteiger partial charge in [-0.3, -0.25) is 0 Å². The van der Waals surface area contributed by atoms with Crippen molar-refractivity contribution in [2.24, 2.45) is 0 Å². The van der Waals surface area contributed by atoms with E-state index in [0.29, 0.717) is 0 Å². The summed E-state index contributed by atoms with van der Waals surface area (Å²) in [7, 11) is -4.94. The van der Waals surface area contributed by atoms with Gasteiger partial charge in [0.25, 0.3) is 0 Å². The number of halogens is 1. The van der Waals surface area contributed by atoms with Crippen molar-refractivity contribution in [2.75, 3.05) is 0 Å². The van der Waals surface area contributed by atoms with Crippen molar-refractivity contribution in [1.82, 2.24) is 0 Å². The van der Waals surface area contributed by atoms with Crippen molar-refractivity contribution >= 4 is 19.8 Å². The van der Waals surface area contributed by atoms with E-state index in [0.717, 1.165) is 0 Å². The molecule has 6 heteroatoms. The van der Waals surface area contributed by atoms with Crippen molar-refractivity contribution in [2.45, 2.75) is 0 Å². The summed E-state index contributed by atoms with van der Waals surface area (Å²) in [6.07, 6.45) is 0. The second kappa shape index (κ2) is 2.86. The zero-order valence-corrected chi connectivity index (χ0v) is 5.77. The quantitative estimate of drug-likeness (QED) is 0.339. The van der Waals surface area contributed by atoms with Crippen LogP contribution in [0, 0.1) is 10.2 Å². The molecule has 0 aromatic heterocycles. The maximum absolute atomic E-state index is 8.49. The molecule has 0 aromatic carbocycles.